The zero-order valence-electron chi connectivity index (χ0n) is 13.2. The lowest BCUT2D eigenvalue weighted by Gasteiger charge is -2.45. The molecular weight excluding hydrogens is 248 g/mol. The van der Waals surface area contributed by atoms with Crippen LogP contribution in [-0.2, 0) is 20.0 Å². The van der Waals surface area contributed by atoms with Crippen molar-refractivity contribution in [3.05, 3.63) is 17.5 Å². The molecule has 3 rings (SSSR count). The molecule has 1 spiro atoms. The van der Waals surface area contributed by atoms with Crippen molar-refractivity contribution < 1.29 is 0 Å². The Morgan fingerprint density at radius 3 is 2.80 bits per heavy atom. The quantitative estimate of drug-likeness (QED) is 0.917. The molecule has 2 aliphatic rings. The molecule has 1 aromatic rings. The van der Waals surface area contributed by atoms with Gasteiger partial charge in [0, 0.05) is 38.3 Å². The summed E-state index contributed by atoms with van der Waals surface area (Å²) >= 11 is 0. The van der Waals surface area contributed by atoms with Gasteiger partial charge in [-0.2, -0.15) is 5.10 Å². The summed E-state index contributed by atoms with van der Waals surface area (Å²) in [4.78, 5) is 2.65. The van der Waals surface area contributed by atoms with Crippen molar-refractivity contribution >= 4 is 0 Å². The molecular formula is C16H28N4. The Hall–Kier alpha value is -0.870. The monoisotopic (exact) mass is 276 g/mol. The summed E-state index contributed by atoms with van der Waals surface area (Å²) in [5.74, 6) is 0. The predicted molar refractivity (Wildman–Crippen MR) is 81.7 cm³/mol. The maximum Gasteiger partial charge on any atom is 0.0625 e. The van der Waals surface area contributed by atoms with Crippen LogP contribution in [0.4, 0.5) is 0 Å². The fourth-order valence-electron chi connectivity index (χ4n) is 3.79. The SMILES string of the molecule is CCc1cc(CN2CC3(CCCC3)NCC2C)n(C)n1. The van der Waals surface area contributed by atoms with E-state index in [2.05, 4.69) is 47.0 Å². The number of hydrogen-bond donors (Lipinski definition) is 1. The van der Waals surface area contributed by atoms with Crippen LogP contribution in [0.2, 0.25) is 0 Å². The number of piperazine rings is 1. The third kappa shape index (κ3) is 2.63. The molecule has 4 heteroatoms. The predicted octanol–water partition coefficient (Wildman–Crippen LogP) is 2.09. The summed E-state index contributed by atoms with van der Waals surface area (Å²) in [6.07, 6.45) is 6.50. The highest BCUT2D eigenvalue weighted by Crippen LogP contribution is 2.33. The summed E-state index contributed by atoms with van der Waals surface area (Å²) in [5.41, 5.74) is 2.96. The van der Waals surface area contributed by atoms with Crippen LogP contribution in [0.15, 0.2) is 6.07 Å². The molecule has 1 atom stereocenters. The normalized spacial score (nSPS) is 26.4. The van der Waals surface area contributed by atoms with Crippen molar-refractivity contribution in [2.24, 2.45) is 7.05 Å². The fourth-order valence-corrected chi connectivity index (χ4v) is 3.79. The van der Waals surface area contributed by atoms with Gasteiger partial charge in [0.05, 0.1) is 11.4 Å². The zero-order chi connectivity index (χ0) is 14.2. The van der Waals surface area contributed by atoms with E-state index in [0.29, 0.717) is 11.6 Å². The molecule has 1 N–H and O–H groups in total. The average molecular weight is 276 g/mol. The van der Waals surface area contributed by atoms with Gasteiger partial charge in [-0.25, -0.2) is 0 Å². The van der Waals surface area contributed by atoms with Gasteiger partial charge in [0.25, 0.3) is 0 Å². The van der Waals surface area contributed by atoms with Crippen LogP contribution in [0.3, 0.4) is 0 Å². The van der Waals surface area contributed by atoms with Gasteiger partial charge in [0.15, 0.2) is 0 Å². The standard InChI is InChI=1S/C16H28N4/c1-4-14-9-15(19(3)18-14)11-20-12-16(7-5-6-8-16)17-10-13(20)2/h9,13,17H,4-8,10-12H2,1-3H3. The minimum atomic E-state index is 0.401. The Kier molecular flexibility index (Phi) is 3.87. The average Bonchev–Trinajstić information content (AvgIpc) is 3.02. The molecule has 1 unspecified atom stereocenters. The van der Waals surface area contributed by atoms with E-state index in [1.165, 1.54) is 43.6 Å². The van der Waals surface area contributed by atoms with Gasteiger partial charge in [-0.1, -0.05) is 19.8 Å². The second kappa shape index (κ2) is 5.49. The Balaban J connectivity index is 1.72. The van der Waals surface area contributed by atoms with Crippen LogP contribution in [0.1, 0.15) is 50.9 Å². The van der Waals surface area contributed by atoms with E-state index in [-0.39, 0.29) is 0 Å². The number of hydrogen-bond acceptors (Lipinski definition) is 3. The molecule has 2 fully saturated rings. The molecule has 20 heavy (non-hydrogen) atoms. The Bertz CT molecular complexity index is 459. The van der Waals surface area contributed by atoms with E-state index >= 15 is 0 Å². The molecule has 1 saturated carbocycles. The highest BCUT2D eigenvalue weighted by molar-refractivity contribution is 5.11. The minimum absolute atomic E-state index is 0.401. The van der Waals surface area contributed by atoms with Gasteiger partial charge in [-0.15, -0.1) is 0 Å². The van der Waals surface area contributed by atoms with E-state index < -0.39 is 0 Å². The van der Waals surface area contributed by atoms with Crippen LogP contribution in [0, 0.1) is 0 Å². The fraction of sp³-hybridized carbons (Fsp3) is 0.812. The zero-order valence-corrected chi connectivity index (χ0v) is 13.2. The van der Waals surface area contributed by atoms with Crippen LogP contribution in [0.25, 0.3) is 0 Å². The highest BCUT2D eigenvalue weighted by atomic mass is 15.3. The van der Waals surface area contributed by atoms with Gasteiger partial charge in [0.1, 0.15) is 0 Å². The molecule has 0 bridgehead atoms. The molecule has 112 valence electrons. The maximum atomic E-state index is 4.58. The van der Waals surface area contributed by atoms with Crippen LogP contribution >= 0.6 is 0 Å². The maximum absolute atomic E-state index is 4.58. The molecule has 0 amide bonds. The second-order valence-corrected chi connectivity index (χ2v) is 6.73. The van der Waals surface area contributed by atoms with Crippen molar-refractivity contribution in [2.45, 2.75) is 64.1 Å². The van der Waals surface area contributed by atoms with Crippen molar-refractivity contribution in [2.75, 3.05) is 13.1 Å². The first kappa shape index (κ1) is 14.1. The first-order chi connectivity index (χ1) is 9.62. The third-order valence-corrected chi connectivity index (χ3v) is 5.22. The van der Waals surface area contributed by atoms with E-state index in [1.807, 2.05) is 0 Å². The Morgan fingerprint density at radius 2 is 2.15 bits per heavy atom. The lowest BCUT2D eigenvalue weighted by molar-refractivity contribution is 0.0805. The molecule has 1 aromatic heterocycles. The van der Waals surface area contributed by atoms with Gasteiger partial charge in [-0.05, 0) is 32.3 Å². The smallest absolute Gasteiger partial charge is 0.0625 e. The van der Waals surface area contributed by atoms with Gasteiger partial charge in [-0.3, -0.25) is 9.58 Å². The van der Waals surface area contributed by atoms with Gasteiger partial charge in [0.2, 0.25) is 0 Å². The summed E-state index contributed by atoms with van der Waals surface area (Å²) in [5, 5.41) is 8.41. The third-order valence-electron chi connectivity index (χ3n) is 5.22. The molecule has 1 saturated heterocycles. The summed E-state index contributed by atoms with van der Waals surface area (Å²) in [7, 11) is 2.08. The lowest BCUT2D eigenvalue weighted by atomic mass is 9.92. The second-order valence-electron chi connectivity index (χ2n) is 6.73. The Morgan fingerprint density at radius 1 is 1.40 bits per heavy atom. The molecule has 1 aliphatic heterocycles. The van der Waals surface area contributed by atoms with E-state index in [1.54, 1.807) is 0 Å². The number of nitrogens with zero attached hydrogens (tertiary/aromatic N) is 3. The van der Waals surface area contributed by atoms with Crippen LogP contribution < -0.4 is 5.32 Å². The Labute approximate surface area is 122 Å². The van der Waals surface area contributed by atoms with E-state index in [4.69, 9.17) is 0 Å². The molecule has 0 radical (unpaired) electrons. The van der Waals surface area contributed by atoms with Crippen molar-refractivity contribution in [1.82, 2.24) is 20.0 Å². The number of aromatic nitrogens is 2. The molecule has 1 aliphatic carbocycles. The number of rotatable bonds is 3. The van der Waals surface area contributed by atoms with Crippen molar-refractivity contribution in [3.8, 4) is 0 Å². The van der Waals surface area contributed by atoms with Crippen LogP contribution in [-0.4, -0.2) is 39.4 Å². The first-order valence-electron chi connectivity index (χ1n) is 8.13. The van der Waals surface area contributed by atoms with Crippen molar-refractivity contribution in [3.63, 3.8) is 0 Å². The number of aryl methyl sites for hydroxylation is 2. The largest absolute Gasteiger partial charge is 0.308 e. The minimum Gasteiger partial charge on any atom is -0.308 e. The van der Waals surface area contributed by atoms with E-state index in [0.717, 1.165) is 19.5 Å². The number of nitrogens with one attached hydrogen (secondary N) is 1. The van der Waals surface area contributed by atoms with Gasteiger partial charge >= 0.3 is 0 Å². The molecule has 2 heterocycles. The summed E-state index contributed by atoms with van der Waals surface area (Å²) < 4.78 is 2.06. The first-order valence-corrected chi connectivity index (χ1v) is 8.13. The molecule has 4 nitrogen and oxygen atoms in total. The van der Waals surface area contributed by atoms with E-state index in [9.17, 15) is 0 Å². The van der Waals surface area contributed by atoms with Gasteiger partial charge < -0.3 is 5.32 Å². The molecule has 0 aromatic carbocycles. The lowest BCUT2D eigenvalue weighted by Crippen LogP contribution is -2.62. The van der Waals surface area contributed by atoms with Crippen molar-refractivity contribution in [1.29, 1.82) is 0 Å². The summed E-state index contributed by atoms with van der Waals surface area (Å²) in [6.45, 7) is 7.87. The topological polar surface area (TPSA) is 33.1 Å². The highest BCUT2D eigenvalue weighted by Gasteiger charge is 2.39. The summed E-state index contributed by atoms with van der Waals surface area (Å²) in [6, 6.07) is 2.89. The van der Waals surface area contributed by atoms with Crippen LogP contribution in [0.5, 0.6) is 0 Å².